The normalized spacial score (nSPS) is 10.5. The lowest BCUT2D eigenvalue weighted by atomic mass is 10.1. The maximum absolute atomic E-state index is 6.24. The largest absolute Gasteiger partial charge is 0.0836 e. The van der Waals surface area contributed by atoms with Gasteiger partial charge in [0.1, 0.15) is 0 Å². The number of hydrogen-bond donors (Lipinski definition) is 0. The van der Waals surface area contributed by atoms with Crippen molar-refractivity contribution in [1.29, 1.82) is 0 Å². The van der Waals surface area contributed by atoms with E-state index < -0.39 is 0 Å². The highest BCUT2D eigenvalue weighted by molar-refractivity contribution is 9.11. The van der Waals surface area contributed by atoms with Crippen molar-refractivity contribution >= 4 is 59.4 Å². The molecule has 0 amide bonds. The minimum absolute atomic E-state index is 0.724. The minimum atomic E-state index is 0.724. The zero-order valence-electron chi connectivity index (χ0n) is 7.98. The summed E-state index contributed by atoms with van der Waals surface area (Å²) in [6.45, 7) is 0. The molecule has 4 heteroatoms. The summed E-state index contributed by atoms with van der Waals surface area (Å²) >= 11 is 16.8. The Hall–Kier alpha value is 0.170. The van der Waals surface area contributed by atoms with E-state index in [-0.39, 0.29) is 0 Å². The van der Waals surface area contributed by atoms with Gasteiger partial charge in [-0.1, -0.05) is 71.5 Å². The van der Waals surface area contributed by atoms with Gasteiger partial charge in [0.25, 0.3) is 0 Å². The standard InChI is InChI=1S/C12H6Br3Cl/c13-7-3-1-4-8(14)11(7)12-9(15)5-2-6-10(12)16/h1-6H. The average Bonchev–Trinajstić information content (AvgIpc) is 2.21. The summed E-state index contributed by atoms with van der Waals surface area (Å²) in [4.78, 5) is 0. The zero-order chi connectivity index (χ0) is 11.7. The van der Waals surface area contributed by atoms with Crippen LogP contribution in [0.25, 0.3) is 11.1 Å². The Balaban J connectivity index is 2.77. The summed E-state index contributed by atoms with van der Waals surface area (Å²) in [5, 5.41) is 0.724. The lowest BCUT2D eigenvalue weighted by molar-refractivity contribution is 1.53. The third-order valence-electron chi connectivity index (χ3n) is 2.18. The van der Waals surface area contributed by atoms with E-state index in [1.165, 1.54) is 0 Å². The van der Waals surface area contributed by atoms with E-state index in [9.17, 15) is 0 Å². The minimum Gasteiger partial charge on any atom is -0.0836 e. The van der Waals surface area contributed by atoms with Gasteiger partial charge in [-0.05, 0) is 24.3 Å². The summed E-state index contributed by atoms with van der Waals surface area (Å²) in [7, 11) is 0. The highest BCUT2D eigenvalue weighted by Gasteiger charge is 2.13. The first-order valence-corrected chi connectivity index (χ1v) is 7.25. The SMILES string of the molecule is Clc1cccc(Br)c1-c1c(Br)cccc1Br. The van der Waals surface area contributed by atoms with Crippen LogP contribution in [-0.4, -0.2) is 0 Å². The number of rotatable bonds is 1. The van der Waals surface area contributed by atoms with E-state index in [2.05, 4.69) is 47.8 Å². The van der Waals surface area contributed by atoms with Crippen LogP contribution < -0.4 is 0 Å². The third kappa shape index (κ3) is 2.37. The molecule has 0 aliphatic carbocycles. The monoisotopic (exact) mass is 422 g/mol. The third-order valence-corrected chi connectivity index (χ3v) is 4.47. The van der Waals surface area contributed by atoms with E-state index >= 15 is 0 Å². The molecule has 0 spiro atoms. The molecule has 0 N–H and O–H groups in total. The van der Waals surface area contributed by atoms with Crippen LogP contribution in [0.5, 0.6) is 0 Å². The summed E-state index contributed by atoms with van der Waals surface area (Å²) in [5.41, 5.74) is 2.04. The molecular weight excluding hydrogens is 419 g/mol. The molecule has 0 nitrogen and oxygen atoms in total. The van der Waals surface area contributed by atoms with Gasteiger partial charge in [-0.2, -0.15) is 0 Å². The molecule has 0 saturated carbocycles. The molecule has 0 atom stereocenters. The van der Waals surface area contributed by atoms with Crippen LogP contribution in [-0.2, 0) is 0 Å². The van der Waals surface area contributed by atoms with E-state index in [0.29, 0.717) is 0 Å². The quantitative estimate of drug-likeness (QED) is 0.504. The van der Waals surface area contributed by atoms with Crippen molar-refractivity contribution < 1.29 is 0 Å². The van der Waals surface area contributed by atoms with Crippen molar-refractivity contribution in [3.63, 3.8) is 0 Å². The molecule has 0 aliphatic heterocycles. The molecule has 0 heterocycles. The van der Waals surface area contributed by atoms with Crippen molar-refractivity contribution in [1.82, 2.24) is 0 Å². The fourth-order valence-electron chi connectivity index (χ4n) is 1.47. The van der Waals surface area contributed by atoms with Crippen molar-refractivity contribution in [2.75, 3.05) is 0 Å². The van der Waals surface area contributed by atoms with Crippen LogP contribution in [0.2, 0.25) is 5.02 Å². The van der Waals surface area contributed by atoms with Crippen LogP contribution in [0.4, 0.5) is 0 Å². The number of hydrogen-bond acceptors (Lipinski definition) is 0. The molecule has 0 aromatic heterocycles. The second-order valence-electron chi connectivity index (χ2n) is 3.19. The smallest absolute Gasteiger partial charge is 0.0496 e. The molecule has 2 rings (SSSR count). The first kappa shape index (κ1) is 12.6. The fourth-order valence-corrected chi connectivity index (χ4v) is 3.82. The van der Waals surface area contributed by atoms with Gasteiger partial charge >= 0.3 is 0 Å². The predicted molar refractivity (Wildman–Crippen MR) is 80.0 cm³/mol. The van der Waals surface area contributed by atoms with Gasteiger partial charge in [0.05, 0.1) is 0 Å². The van der Waals surface area contributed by atoms with Crippen molar-refractivity contribution in [3.8, 4) is 11.1 Å². The van der Waals surface area contributed by atoms with Crippen LogP contribution in [0.15, 0.2) is 49.8 Å². The maximum Gasteiger partial charge on any atom is 0.0496 e. The zero-order valence-corrected chi connectivity index (χ0v) is 13.5. The first-order chi connectivity index (χ1) is 7.61. The Morgan fingerprint density at radius 2 is 1.12 bits per heavy atom. The summed E-state index contributed by atoms with van der Waals surface area (Å²) in [5.74, 6) is 0. The van der Waals surface area contributed by atoms with Crippen molar-refractivity contribution in [2.24, 2.45) is 0 Å². The maximum atomic E-state index is 6.24. The van der Waals surface area contributed by atoms with Crippen LogP contribution in [0.1, 0.15) is 0 Å². The highest BCUT2D eigenvalue weighted by Crippen LogP contribution is 2.42. The average molecular weight is 425 g/mol. The van der Waals surface area contributed by atoms with Gasteiger partial charge in [-0.15, -0.1) is 0 Å². The molecule has 0 unspecified atom stereocenters. The lowest BCUT2D eigenvalue weighted by Gasteiger charge is -2.11. The molecule has 2 aromatic carbocycles. The molecule has 0 radical (unpaired) electrons. The molecule has 16 heavy (non-hydrogen) atoms. The van der Waals surface area contributed by atoms with Crippen molar-refractivity contribution in [2.45, 2.75) is 0 Å². The molecular formula is C12H6Br3Cl. The van der Waals surface area contributed by atoms with Gasteiger partial charge in [0, 0.05) is 29.6 Å². The Kier molecular flexibility index (Phi) is 4.11. The molecule has 0 fully saturated rings. The summed E-state index contributed by atoms with van der Waals surface area (Å²) < 4.78 is 3.00. The van der Waals surface area contributed by atoms with Gasteiger partial charge in [0.15, 0.2) is 0 Å². The molecule has 2 aromatic rings. The van der Waals surface area contributed by atoms with Crippen LogP contribution in [0, 0.1) is 0 Å². The molecule has 0 saturated heterocycles. The first-order valence-electron chi connectivity index (χ1n) is 4.49. The second-order valence-corrected chi connectivity index (χ2v) is 6.16. The van der Waals surface area contributed by atoms with Crippen LogP contribution in [0.3, 0.4) is 0 Å². The topological polar surface area (TPSA) is 0 Å². The van der Waals surface area contributed by atoms with Crippen molar-refractivity contribution in [3.05, 3.63) is 54.8 Å². The Morgan fingerprint density at radius 3 is 1.62 bits per heavy atom. The van der Waals surface area contributed by atoms with E-state index in [0.717, 1.165) is 29.6 Å². The van der Waals surface area contributed by atoms with E-state index in [1.54, 1.807) is 0 Å². The van der Waals surface area contributed by atoms with Gasteiger partial charge in [-0.25, -0.2) is 0 Å². The number of halogens is 4. The van der Waals surface area contributed by atoms with Gasteiger partial charge < -0.3 is 0 Å². The summed E-state index contributed by atoms with van der Waals surface area (Å²) in [6, 6.07) is 11.7. The molecule has 82 valence electrons. The Morgan fingerprint density at radius 1 is 0.688 bits per heavy atom. The Bertz CT molecular complexity index is 448. The van der Waals surface area contributed by atoms with Gasteiger partial charge in [-0.3, -0.25) is 0 Å². The van der Waals surface area contributed by atoms with Gasteiger partial charge in [0.2, 0.25) is 0 Å². The Labute approximate surface area is 124 Å². The van der Waals surface area contributed by atoms with Crippen LogP contribution >= 0.6 is 59.4 Å². The highest BCUT2D eigenvalue weighted by atomic mass is 79.9. The summed E-state index contributed by atoms with van der Waals surface area (Å²) in [6.07, 6.45) is 0. The van der Waals surface area contributed by atoms with E-state index in [1.807, 2.05) is 36.4 Å². The molecule has 0 aliphatic rings. The number of benzene rings is 2. The predicted octanol–water partition coefficient (Wildman–Crippen LogP) is 6.29. The lowest BCUT2D eigenvalue weighted by Crippen LogP contribution is -1.85. The molecule has 0 bridgehead atoms. The second kappa shape index (κ2) is 5.21. The fraction of sp³-hybridized carbons (Fsp3) is 0. The van der Waals surface area contributed by atoms with E-state index in [4.69, 9.17) is 11.6 Å².